The number of ether oxygens (including phenoxy) is 1. The maximum absolute atomic E-state index is 14.6. The molecule has 1 unspecified atom stereocenters. The van der Waals surface area contributed by atoms with E-state index in [1.807, 2.05) is 0 Å². The first-order chi connectivity index (χ1) is 10.7. The van der Waals surface area contributed by atoms with Crippen molar-refractivity contribution in [2.24, 2.45) is 0 Å². The number of aromatic nitrogens is 1. The molecule has 1 aliphatic rings. The predicted molar refractivity (Wildman–Crippen MR) is 84.8 cm³/mol. The van der Waals surface area contributed by atoms with Gasteiger partial charge < -0.3 is 4.74 Å². The number of methoxy groups -OCH3 is 1. The Labute approximate surface area is 135 Å². The van der Waals surface area contributed by atoms with Crippen LogP contribution in [-0.4, -0.2) is 34.1 Å². The lowest BCUT2D eigenvalue weighted by molar-refractivity contribution is -0.0639. The van der Waals surface area contributed by atoms with Gasteiger partial charge in [-0.25, -0.2) is 22.4 Å². The van der Waals surface area contributed by atoms with Crippen LogP contribution in [0.4, 0.5) is 19.0 Å². The highest BCUT2D eigenvalue weighted by Gasteiger charge is 2.42. The van der Waals surface area contributed by atoms with Crippen molar-refractivity contribution in [3.05, 3.63) is 23.9 Å². The van der Waals surface area contributed by atoms with Crippen molar-refractivity contribution >= 4 is 22.9 Å². The molecule has 0 aliphatic heterocycles. The Morgan fingerprint density at radius 3 is 2.52 bits per heavy atom. The third-order valence-corrected chi connectivity index (χ3v) is 4.24. The fourth-order valence-corrected chi connectivity index (χ4v) is 2.81. The number of alkyl halides is 3. The monoisotopic (exact) mass is 348 g/mol. The van der Waals surface area contributed by atoms with Crippen LogP contribution in [0.5, 0.6) is 5.75 Å². The molecule has 0 radical (unpaired) electrons. The quantitative estimate of drug-likeness (QED) is 0.882. The normalized spacial score (nSPS) is 21.1. The summed E-state index contributed by atoms with van der Waals surface area (Å²) in [6.07, 6.45) is 4.34. The molecule has 0 aromatic carbocycles. The van der Waals surface area contributed by atoms with Gasteiger partial charge in [-0.05, 0) is 25.0 Å². The van der Waals surface area contributed by atoms with Gasteiger partial charge in [-0.1, -0.05) is 6.08 Å². The third kappa shape index (κ3) is 4.95. The molecule has 8 heteroatoms. The second-order valence-electron chi connectivity index (χ2n) is 5.59. The summed E-state index contributed by atoms with van der Waals surface area (Å²) in [6, 6.07) is 1.57. The summed E-state index contributed by atoms with van der Waals surface area (Å²) >= 11 is 0. The zero-order chi connectivity index (χ0) is 17.1. The van der Waals surface area contributed by atoms with Crippen LogP contribution in [0.3, 0.4) is 0 Å². The maximum atomic E-state index is 14.6. The number of pyridine rings is 1. The number of rotatable bonds is 5. The van der Waals surface area contributed by atoms with E-state index in [9.17, 15) is 17.4 Å². The minimum Gasteiger partial charge on any atom is -0.495 e. The van der Waals surface area contributed by atoms with E-state index in [-0.39, 0.29) is 12.8 Å². The molecule has 1 saturated carbocycles. The lowest BCUT2D eigenvalue weighted by atomic mass is 9.83. The average Bonchev–Trinajstić information content (AvgIpc) is 2.48. The van der Waals surface area contributed by atoms with Gasteiger partial charge in [-0.3, -0.25) is 4.72 Å². The number of allylic oxidation sites excluding steroid dienone is 1. The summed E-state index contributed by atoms with van der Waals surface area (Å²) in [5.41, 5.74) is -1.22. The first-order valence-electron chi connectivity index (χ1n) is 7.13. The molecule has 128 valence electrons. The maximum Gasteiger partial charge on any atom is 0.248 e. The number of hydrogen-bond acceptors (Lipinski definition) is 3. The molecular weight excluding hydrogens is 329 g/mol. The largest absolute Gasteiger partial charge is 0.495 e. The minimum atomic E-state index is -2.78. The summed E-state index contributed by atoms with van der Waals surface area (Å²) in [5.74, 6) is -2.01. The zero-order valence-corrected chi connectivity index (χ0v) is 13.8. The molecule has 1 aromatic heterocycles. The van der Waals surface area contributed by atoms with Crippen molar-refractivity contribution in [2.45, 2.75) is 37.3 Å². The standard InChI is InChI=1S/C15H19F3N2O2S/c1-22-12-10-19-13(20-23(2)21)9-11(12)3-4-14(16)5-7-15(17,18)8-6-14/h3-4,9-10H,5-8H2,1-2H3,(H,19,20)/b4-3+. The van der Waals surface area contributed by atoms with Gasteiger partial charge >= 0.3 is 0 Å². The lowest BCUT2D eigenvalue weighted by Crippen LogP contribution is -2.33. The molecule has 1 N–H and O–H groups in total. The Morgan fingerprint density at radius 1 is 1.30 bits per heavy atom. The van der Waals surface area contributed by atoms with Gasteiger partial charge in [0, 0.05) is 24.7 Å². The minimum absolute atomic E-state index is 0.214. The summed E-state index contributed by atoms with van der Waals surface area (Å²) < 4.78 is 59.9. The second-order valence-corrected chi connectivity index (χ2v) is 6.70. The van der Waals surface area contributed by atoms with Gasteiger partial charge in [0.15, 0.2) is 0 Å². The molecule has 4 nitrogen and oxygen atoms in total. The van der Waals surface area contributed by atoms with E-state index in [0.717, 1.165) is 0 Å². The molecule has 2 rings (SSSR count). The summed E-state index contributed by atoms with van der Waals surface area (Å²) in [5, 5.41) is 0. The molecule has 23 heavy (non-hydrogen) atoms. The molecule has 1 aliphatic carbocycles. The van der Waals surface area contributed by atoms with Crippen molar-refractivity contribution in [2.75, 3.05) is 18.1 Å². The van der Waals surface area contributed by atoms with E-state index >= 15 is 0 Å². The molecule has 1 fully saturated rings. The van der Waals surface area contributed by atoms with Crippen LogP contribution in [0.25, 0.3) is 6.08 Å². The fraction of sp³-hybridized carbons (Fsp3) is 0.533. The Kier molecular flexibility index (Phi) is 5.33. The molecule has 1 aromatic rings. The van der Waals surface area contributed by atoms with Gasteiger partial charge in [0.05, 0.1) is 13.3 Å². The Hall–Kier alpha value is -1.57. The predicted octanol–water partition coefficient (Wildman–Crippen LogP) is 3.73. The Balaban J connectivity index is 2.19. The van der Waals surface area contributed by atoms with Crippen molar-refractivity contribution in [1.82, 2.24) is 4.98 Å². The van der Waals surface area contributed by atoms with Crippen molar-refractivity contribution in [3.63, 3.8) is 0 Å². The molecule has 0 bridgehead atoms. The fourth-order valence-electron chi connectivity index (χ4n) is 2.40. The molecule has 1 atom stereocenters. The van der Waals surface area contributed by atoms with E-state index in [2.05, 4.69) is 9.71 Å². The summed E-state index contributed by atoms with van der Waals surface area (Å²) in [6.45, 7) is 0. The SMILES string of the molecule is COc1cnc(NS(C)=O)cc1/C=C/C1(F)CCC(F)(F)CC1. The number of nitrogens with one attached hydrogen (secondary N) is 1. The van der Waals surface area contributed by atoms with Crippen LogP contribution < -0.4 is 9.46 Å². The number of anilines is 1. The van der Waals surface area contributed by atoms with Crippen molar-refractivity contribution in [3.8, 4) is 5.75 Å². The van der Waals surface area contributed by atoms with Gasteiger partial charge in [-0.2, -0.15) is 0 Å². The lowest BCUT2D eigenvalue weighted by Gasteiger charge is -2.31. The van der Waals surface area contributed by atoms with Crippen LogP contribution in [0.15, 0.2) is 18.3 Å². The summed E-state index contributed by atoms with van der Waals surface area (Å²) in [4.78, 5) is 4.03. The highest BCUT2D eigenvalue weighted by Crippen LogP contribution is 2.41. The summed E-state index contributed by atoms with van der Waals surface area (Å²) in [7, 11) is 0.157. The Bertz CT molecular complexity index is 613. The average molecular weight is 348 g/mol. The topological polar surface area (TPSA) is 51.2 Å². The van der Waals surface area contributed by atoms with E-state index < -0.39 is 35.4 Å². The molecule has 0 saturated heterocycles. The van der Waals surface area contributed by atoms with Gasteiger partial charge in [0.25, 0.3) is 0 Å². The number of nitrogens with zero attached hydrogens (tertiary/aromatic N) is 1. The second kappa shape index (κ2) is 6.90. The zero-order valence-electron chi connectivity index (χ0n) is 12.9. The molecular formula is C15H19F3N2O2S. The van der Waals surface area contributed by atoms with Crippen LogP contribution in [0.1, 0.15) is 31.2 Å². The molecule has 1 heterocycles. The van der Waals surface area contributed by atoms with E-state index in [4.69, 9.17) is 4.74 Å². The first-order valence-corrected chi connectivity index (χ1v) is 8.69. The van der Waals surface area contributed by atoms with Gasteiger partial charge in [-0.15, -0.1) is 0 Å². The molecule has 0 amide bonds. The van der Waals surface area contributed by atoms with Crippen molar-refractivity contribution < 1.29 is 22.1 Å². The van der Waals surface area contributed by atoms with E-state index in [1.54, 1.807) is 6.07 Å². The van der Waals surface area contributed by atoms with Crippen LogP contribution in [0, 0.1) is 0 Å². The third-order valence-electron chi connectivity index (χ3n) is 3.74. The Morgan fingerprint density at radius 2 is 1.96 bits per heavy atom. The number of halogens is 3. The highest BCUT2D eigenvalue weighted by molar-refractivity contribution is 7.85. The van der Waals surface area contributed by atoms with Crippen LogP contribution in [0.2, 0.25) is 0 Å². The van der Waals surface area contributed by atoms with Gasteiger partial charge in [0.1, 0.15) is 28.2 Å². The highest BCUT2D eigenvalue weighted by atomic mass is 32.2. The van der Waals surface area contributed by atoms with Crippen LogP contribution in [-0.2, 0) is 11.0 Å². The van der Waals surface area contributed by atoms with E-state index in [1.165, 1.54) is 31.7 Å². The smallest absolute Gasteiger partial charge is 0.248 e. The molecule has 0 spiro atoms. The van der Waals surface area contributed by atoms with Crippen molar-refractivity contribution in [1.29, 1.82) is 0 Å². The van der Waals surface area contributed by atoms with Gasteiger partial charge in [0.2, 0.25) is 5.92 Å². The number of hydrogen-bond donors (Lipinski definition) is 1. The van der Waals surface area contributed by atoms with Crippen LogP contribution >= 0.6 is 0 Å². The van der Waals surface area contributed by atoms with E-state index in [0.29, 0.717) is 17.1 Å². The first kappa shape index (κ1) is 17.8.